The maximum atomic E-state index is 12.4. The number of sulfonamides is 1. The predicted molar refractivity (Wildman–Crippen MR) is 74.4 cm³/mol. The normalized spacial score (nSPS) is 13.4. The summed E-state index contributed by atoms with van der Waals surface area (Å²) in [6.07, 6.45) is 2.19. The number of aromatic carboxylic acids is 1. The second-order valence-corrected chi connectivity index (χ2v) is 6.39. The van der Waals surface area contributed by atoms with Crippen molar-refractivity contribution in [3.63, 3.8) is 0 Å². The smallest absolute Gasteiger partial charge is 0.340 e. The SMILES string of the molecule is CCCC(CC)NS(=O)(=O)c1c(C)oc(C)c1C(=O)O. The molecule has 0 bridgehead atoms. The lowest BCUT2D eigenvalue weighted by molar-refractivity contribution is 0.0691. The standard InChI is InChI=1S/C13H21NO5S/c1-5-7-10(6-2)14-20(17,18)12-9(4)19-8(3)11(12)13(15)16/h10,14H,5-7H2,1-4H3,(H,15,16). The van der Waals surface area contributed by atoms with E-state index in [4.69, 9.17) is 9.52 Å². The van der Waals surface area contributed by atoms with Gasteiger partial charge in [-0.2, -0.15) is 0 Å². The van der Waals surface area contributed by atoms with Crippen molar-refractivity contribution in [3.8, 4) is 0 Å². The summed E-state index contributed by atoms with van der Waals surface area (Å²) >= 11 is 0. The second-order valence-electron chi connectivity index (χ2n) is 4.74. The van der Waals surface area contributed by atoms with Crippen molar-refractivity contribution in [3.05, 3.63) is 17.1 Å². The van der Waals surface area contributed by atoms with Crippen LogP contribution in [-0.2, 0) is 10.0 Å². The van der Waals surface area contributed by atoms with Crippen LogP contribution < -0.4 is 4.72 Å². The van der Waals surface area contributed by atoms with Gasteiger partial charge in [0.15, 0.2) is 0 Å². The number of hydrogen-bond acceptors (Lipinski definition) is 4. The number of furan rings is 1. The Balaban J connectivity index is 3.25. The topological polar surface area (TPSA) is 96.6 Å². The minimum absolute atomic E-state index is 0.0961. The molecule has 0 aliphatic heterocycles. The molecule has 7 heteroatoms. The van der Waals surface area contributed by atoms with Crippen LogP contribution in [0.5, 0.6) is 0 Å². The van der Waals surface area contributed by atoms with E-state index in [-0.39, 0.29) is 28.0 Å². The molecule has 0 aromatic carbocycles. The molecule has 114 valence electrons. The number of nitrogens with one attached hydrogen (secondary N) is 1. The summed E-state index contributed by atoms with van der Waals surface area (Å²) < 4.78 is 32.5. The second kappa shape index (κ2) is 6.41. The predicted octanol–water partition coefficient (Wildman–Crippen LogP) is 2.45. The highest BCUT2D eigenvalue weighted by molar-refractivity contribution is 7.89. The van der Waals surface area contributed by atoms with Gasteiger partial charge < -0.3 is 9.52 Å². The van der Waals surface area contributed by atoms with Gasteiger partial charge in [-0.15, -0.1) is 0 Å². The van der Waals surface area contributed by atoms with Gasteiger partial charge in [-0.3, -0.25) is 0 Å². The first-order chi connectivity index (χ1) is 9.24. The molecule has 1 atom stereocenters. The van der Waals surface area contributed by atoms with E-state index in [1.807, 2.05) is 13.8 Å². The lowest BCUT2D eigenvalue weighted by atomic mass is 10.1. The summed E-state index contributed by atoms with van der Waals surface area (Å²) in [6, 6.07) is -0.207. The third kappa shape index (κ3) is 3.40. The Hall–Kier alpha value is -1.34. The Morgan fingerprint density at radius 2 is 1.90 bits per heavy atom. The van der Waals surface area contributed by atoms with Gasteiger partial charge in [0.25, 0.3) is 0 Å². The fraction of sp³-hybridized carbons (Fsp3) is 0.615. The minimum atomic E-state index is -3.90. The van der Waals surface area contributed by atoms with E-state index in [1.54, 1.807) is 0 Å². The van der Waals surface area contributed by atoms with Gasteiger partial charge in [0.2, 0.25) is 10.0 Å². The van der Waals surface area contributed by atoms with Gasteiger partial charge in [0.1, 0.15) is 22.0 Å². The molecule has 1 aromatic rings. The maximum absolute atomic E-state index is 12.4. The van der Waals surface area contributed by atoms with Gasteiger partial charge in [0, 0.05) is 6.04 Å². The Morgan fingerprint density at radius 1 is 1.30 bits per heavy atom. The third-order valence-electron chi connectivity index (χ3n) is 3.14. The van der Waals surface area contributed by atoms with Crippen molar-refractivity contribution < 1.29 is 22.7 Å². The van der Waals surface area contributed by atoms with Crippen LogP contribution in [-0.4, -0.2) is 25.5 Å². The van der Waals surface area contributed by atoms with Crippen LogP contribution in [0.1, 0.15) is 55.0 Å². The molecule has 0 amide bonds. The van der Waals surface area contributed by atoms with Crippen molar-refractivity contribution in [2.45, 2.75) is 57.9 Å². The van der Waals surface area contributed by atoms with E-state index < -0.39 is 16.0 Å². The van der Waals surface area contributed by atoms with Crippen molar-refractivity contribution >= 4 is 16.0 Å². The molecular weight excluding hydrogens is 282 g/mol. The monoisotopic (exact) mass is 303 g/mol. The summed E-state index contributed by atoms with van der Waals surface area (Å²) in [5, 5.41) is 9.17. The Bertz CT molecular complexity index is 588. The van der Waals surface area contributed by atoms with Crippen LogP contribution in [0, 0.1) is 13.8 Å². The number of aryl methyl sites for hydroxylation is 2. The van der Waals surface area contributed by atoms with Crippen molar-refractivity contribution in [2.24, 2.45) is 0 Å². The molecule has 6 nitrogen and oxygen atoms in total. The average molecular weight is 303 g/mol. The molecular formula is C13H21NO5S. The van der Waals surface area contributed by atoms with Crippen LogP contribution in [0.15, 0.2) is 9.31 Å². The largest absolute Gasteiger partial charge is 0.478 e. The summed E-state index contributed by atoms with van der Waals surface area (Å²) in [5.74, 6) is -1.11. The van der Waals surface area contributed by atoms with E-state index in [2.05, 4.69) is 4.72 Å². The molecule has 0 aliphatic rings. The number of hydrogen-bond donors (Lipinski definition) is 2. The number of carboxylic acids is 1. The van der Waals surface area contributed by atoms with Crippen molar-refractivity contribution in [1.82, 2.24) is 4.72 Å². The van der Waals surface area contributed by atoms with E-state index >= 15 is 0 Å². The quantitative estimate of drug-likeness (QED) is 0.806. The molecule has 2 N–H and O–H groups in total. The van der Waals surface area contributed by atoms with Gasteiger partial charge >= 0.3 is 5.97 Å². The molecule has 0 fully saturated rings. The molecule has 1 heterocycles. The summed E-state index contributed by atoms with van der Waals surface area (Å²) in [6.45, 7) is 6.74. The molecule has 1 aromatic heterocycles. The zero-order valence-corrected chi connectivity index (χ0v) is 13.0. The molecule has 20 heavy (non-hydrogen) atoms. The van der Waals surface area contributed by atoms with E-state index in [0.717, 1.165) is 6.42 Å². The number of rotatable bonds is 7. The minimum Gasteiger partial charge on any atom is -0.478 e. The molecule has 0 aliphatic carbocycles. The highest BCUT2D eigenvalue weighted by Crippen LogP contribution is 2.27. The van der Waals surface area contributed by atoms with E-state index in [0.29, 0.717) is 12.8 Å². The van der Waals surface area contributed by atoms with Crippen LogP contribution in [0.25, 0.3) is 0 Å². The van der Waals surface area contributed by atoms with Crippen molar-refractivity contribution in [2.75, 3.05) is 0 Å². The van der Waals surface area contributed by atoms with Crippen LogP contribution in [0.2, 0.25) is 0 Å². The zero-order valence-electron chi connectivity index (χ0n) is 12.2. The lowest BCUT2D eigenvalue weighted by Crippen LogP contribution is -2.35. The zero-order chi connectivity index (χ0) is 15.5. The summed E-state index contributed by atoms with van der Waals surface area (Å²) in [7, 11) is -3.90. The summed E-state index contributed by atoms with van der Waals surface area (Å²) in [5.41, 5.74) is -0.290. The third-order valence-corrected chi connectivity index (χ3v) is 4.81. The first-order valence-corrected chi connectivity index (χ1v) is 8.08. The molecule has 0 spiro atoms. The van der Waals surface area contributed by atoms with Crippen LogP contribution in [0.3, 0.4) is 0 Å². The van der Waals surface area contributed by atoms with Gasteiger partial charge in [0.05, 0.1) is 0 Å². The number of carbonyl (C=O) groups is 1. The van der Waals surface area contributed by atoms with E-state index in [1.165, 1.54) is 13.8 Å². The van der Waals surface area contributed by atoms with Gasteiger partial charge in [-0.25, -0.2) is 17.9 Å². The van der Waals surface area contributed by atoms with E-state index in [9.17, 15) is 13.2 Å². The van der Waals surface area contributed by atoms with Crippen molar-refractivity contribution in [1.29, 1.82) is 0 Å². The highest BCUT2D eigenvalue weighted by atomic mass is 32.2. The first kappa shape index (κ1) is 16.7. The highest BCUT2D eigenvalue weighted by Gasteiger charge is 2.31. The molecule has 0 radical (unpaired) electrons. The van der Waals surface area contributed by atoms with Crippen LogP contribution >= 0.6 is 0 Å². The van der Waals surface area contributed by atoms with Gasteiger partial charge in [-0.1, -0.05) is 20.3 Å². The average Bonchev–Trinajstić information content (AvgIpc) is 2.64. The fourth-order valence-electron chi connectivity index (χ4n) is 2.21. The fourth-order valence-corrected chi connectivity index (χ4v) is 3.97. The lowest BCUT2D eigenvalue weighted by Gasteiger charge is -2.16. The Kier molecular flexibility index (Phi) is 5.35. The summed E-state index contributed by atoms with van der Waals surface area (Å²) in [4.78, 5) is 11.0. The first-order valence-electron chi connectivity index (χ1n) is 6.60. The van der Waals surface area contributed by atoms with Gasteiger partial charge in [-0.05, 0) is 26.7 Å². The Morgan fingerprint density at radius 3 is 2.35 bits per heavy atom. The maximum Gasteiger partial charge on any atom is 0.340 e. The molecule has 0 saturated carbocycles. The Labute approximate surface area is 119 Å². The molecule has 1 rings (SSSR count). The molecule has 0 saturated heterocycles. The molecule has 1 unspecified atom stereocenters. The van der Waals surface area contributed by atoms with Crippen LogP contribution in [0.4, 0.5) is 0 Å². The number of carboxylic acid groups (broad SMARTS) is 1.